The summed E-state index contributed by atoms with van der Waals surface area (Å²) in [5, 5.41) is 6.16. The summed E-state index contributed by atoms with van der Waals surface area (Å²) in [6, 6.07) is 0. The first-order chi connectivity index (χ1) is 9.16. The van der Waals surface area contributed by atoms with Crippen LogP contribution in [0.25, 0.3) is 0 Å². The van der Waals surface area contributed by atoms with E-state index in [2.05, 4.69) is 24.5 Å². The molecule has 0 unspecified atom stereocenters. The van der Waals surface area contributed by atoms with Crippen LogP contribution in [-0.4, -0.2) is 45.0 Å². The fourth-order valence-electron chi connectivity index (χ4n) is 1.61. The van der Waals surface area contributed by atoms with Crippen molar-refractivity contribution in [2.24, 2.45) is 5.41 Å². The summed E-state index contributed by atoms with van der Waals surface area (Å²) in [5.41, 5.74) is -0.206. The number of amides is 1. The molecule has 5 heteroatoms. The van der Waals surface area contributed by atoms with Crippen molar-refractivity contribution in [3.63, 3.8) is 0 Å². The maximum absolute atomic E-state index is 11.4. The maximum Gasteiger partial charge on any atom is 0.407 e. The lowest BCUT2D eigenvalue weighted by Gasteiger charge is -2.24. The molecule has 20 heavy (non-hydrogen) atoms. The monoisotopic (exact) mass is 288 g/mol. The number of carbonyl (C=O) groups is 1. The van der Waals surface area contributed by atoms with Gasteiger partial charge in [0.2, 0.25) is 0 Å². The highest BCUT2D eigenvalue weighted by Crippen LogP contribution is 2.18. The molecule has 0 aromatic carbocycles. The number of nitrogens with one attached hydrogen (secondary N) is 2. The summed E-state index contributed by atoms with van der Waals surface area (Å²) >= 11 is 0. The molecule has 0 rings (SSSR count). The molecule has 0 aliphatic rings. The molecular weight excluding hydrogens is 256 g/mol. The van der Waals surface area contributed by atoms with Gasteiger partial charge in [-0.3, -0.25) is 0 Å². The molecule has 120 valence electrons. The summed E-state index contributed by atoms with van der Waals surface area (Å²) in [6.07, 6.45) is 1.57. The van der Waals surface area contributed by atoms with Crippen LogP contribution in [0, 0.1) is 5.41 Å². The van der Waals surface area contributed by atoms with Gasteiger partial charge in [-0.1, -0.05) is 13.8 Å². The minimum atomic E-state index is -0.437. The third-order valence-electron chi connectivity index (χ3n) is 2.79. The Balaban J connectivity index is 3.56. The zero-order valence-electron chi connectivity index (χ0n) is 14.0. The second kappa shape index (κ2) is 9.19. The molecule has 0 bridgehead atoms. The Morgan fingerprint density at radius 2 is 1.75 bits per heavy atom. The normalized spacial score (nSPS) is 12.3. The molecule has 0 aliphatic heterocycles. The second-order valence-electron chi connectivity index (χ2n) is 6.87. The molecule has 5 nitrogen and oxygen atoms in total. The molecule has 0 saturated carbocycles. The molecule has 0 aromatic heterocycles. The van der Waals surface area contributed by atoms with Crippen molar-refractivity contribution in [2.45, 2.75) is 53.1 Å². The van der Waals surface area contributed by atoms with Crippen molar-refractivity contribution in [3.8, 4) is 0 Å². The molecule has 0 saturated heterocycles. The Hall–Kier alpha value is -0.810. The van der Waals surface area contributed by atoms with Gasteiger partial charge in [-0.2, -0.15) is 0 Å². The average molecular weight is 288 g/mol. The first-order valence-corrected chi connectivity index (χ1v) is 7.33. The topological polar surface area (TPSA) is 59.6 Å². The Morgan fingerprint density at radius 3 is 2.30 bits per heavy atom. The Bertz CT molecular complexity index is 273. The van der Waals surface area contributed by atoms with Crippen molar-refractivity contribution >= 4 is 6.09 Å². The molecule has 0 radical (unpaired) electrons. The minimum Gasteiger partial charge on any atom is -0.444 e. The highest BCUT2D eigenvalue weighted by atomic mass is 16.6. The van der Waals surface area contributed by atoms with Gasteiger partial charge >= 0.3 is 6.09 Å². The smallest absolute Gasteiger partial charge is 0.407 e. The maximum atomic E-state index is 11.4. The lowest BCUT2D eigenvalue weighted by molar-refractivity contribution is 0.0527. The Labute approximate surface area is 123 Å². The molecule has 0 aliphatic carbocycles. The number of rotatable bonds is 9. The predicted molar refractivity (Wildman–Crippen MR) is 82.0 cm³/mol. The number of carbonyl (C=O) groups excluding carboxylic acids is 1. The number of hydrogen-bond acceptors (Lipinski definition) is 4. The highest BCUT2D eigenvalue weighted by molar-refractivity contribution is 5.67. The standard InChI is InChI=1S/C15H32N2O3/c1-14(2,3)20-13(18)17-10-7-9-16-12-15(4,5)8-11-19-6/h16H,7-12H2,1-6H3,(H,17,18). The van der Waals surface area contributed by atoms with Crippen LogP contribution < -0.4 is 10.6 Å². The van der Waals surface area contributed by atoms with Crippen LogP contribution in [-0.2, 0) is 9.47 Å². The van der Waals surface area contributed by atoms with E-state index in [1.807, 2.05) is 20.8 Å². The van der Waals surface area contributed by atoms with E-state index in [4.69, 9.17) is 9.47 Å². The highest BCUT2D eigenvalue weighted by Gasteiger charge is 2.17. The zero-order chi connectivity index (χ0) is 15.6. The zero-order valence-corrected chi connectivity index (χ0v) is 14.0. The molecule has 0 heterocycles. The first-order valence-electron chi connectivity index (χ1n) is 7.33. The third kappa shape index (κ3) is 12.2. The van der Waals surface area contributed by atoms with Crippen LogP contribution in [0.2, 0.25) is 0 Å². The van der Waals surface area contributed by atoms with E-state index in [1.165, 1.54) is 0 Å². The predicted octanol–water partition coefficient (Wildman–Crippen LogP) is 2.55. The Morgan fingerprint density at radius 1 is 1.10 bits per heavy atom. The summed E-state index contributed by atoms with van der Waals surface area (Å²) in [4.78, 5) is 11.4. The van der Waals surface area contributed by atoms with Gasteiger partial charge in [0.05, 0.1) is 0 Å². The summed E-state index contributed by atoms with van der Waals surface area (Å²) in [6.45, 7) is 13.3. The van der Waals surface area contributed by atoms with Crippen LogP contribution in [0.4, 0.5) is 4.79 Å². The van der Waals surface area contributed by atoms with Crippen LogP contribution >= 0.6 is 0 Å². The number of ether oxygens (including phenoxy) is 2. The number of hydrogen-bond donors (Lipinski definition) is 2. The van der Waals surface area contributed by atoms with Gasteiger partial charge in [0.1, 0.15) is 5.60 Å². The molecule has 0 fully saturated rings. The molecular formula is C15H32N2O3. The van der Waals surface area contributed by atoms with Crippen molar-refractivity contribution < 1.29 is 14.3 Å². The van der Waals surface area contributed by atoms with Gasteiger partial charge in [-0.05, 0) is 45.6 Å². The first kappa shape index (κ1) is 19.2. The quantitative estimate of drug-likeness (QED) is 0.640. The number of alkyl carbamates (subject to hydrolysis) is 1. The fraction of sp³-hybridized carbons (Fsp3) is 0.933. The molecule has 0 spiro atoms. The van der Waals surface area contributed by atoms with E-state index >= 15 is 0 Å². The van der Waals surface area contributed by atoms with E-state index in [0.29, 0.717) is 6.54 Å². The Kier molecular flexibility index (Phi) is 8.81. The van der Waals surface area contributed by atoms with Crippen LogP contribution in [0.3, 0.4) is 0 Å². The minimum absolute atomic E-state index is 0.231. The van der Waals surface area contributed by atoms with Crippen molar-refractivity contribution in [3.05, 3.63) is 0 Å². The average Bonchev–Trinajstić information content (AvgIpc) is 2.29. The lowest BCUT2D eigenvalue weighted by atomic mass is 9.90. The number of methoxy groups -OCH3 is 1. The second-order valence-corrected chi connectivity index (χ2v) is 6.87. The molecule has 0 aromatic rings. The van der Waals surface area contributed by atoms with Gasteiger partial charge in [-0.15, -0.1) is 0 Å². The van der Waals surface area contributed by atoms with E-state index in [9.17, 15) is 4.79 Å². The van der Waals surface area contributed by atoms with Crippen LogP contribution in [0.1, 0.15) is 47.5 Å². The van der Waals surface area contributed by atoms with Gasteiger partial charge in [0.15, 0.2) is 0 Å². The third-order valence-corrected chi connectivity index (χ3v) is 2.79. The van der Waals surface area contributed by atoms with Crippen molar-refractivity contribution in [1.29, 1.82) is 0 Å². The molecule has 0 atom stereocenters. The molecule has 1 amide bonds. The van der Waals surface area contributed by atoms with E-state index in [0.717, 1.165) is 32.5 Å². The van der Waals surface area contributed by atoms with Gasteiger partial charge in [-0.25, -0.2) is 4.79 Å². The van der Waals surface area contributed by atoms with Gasteiger partial charge in [0.25, 0.3) is 0 Å². The SMILES string of the molecule is COCCC(C)(C)CNCCCNC(=O)OC(C)(C)C. The fourth-order valence-corrected chi connectivity index (χ4v) is 1.61. The van der Waals surface area contributed by atoms with E-state index in [-0.39, 0.29) is 11.5 Å². The van der Waals surface area contributed by atoms with Gasteiger partial charge < -0.3 is 20.1 Å². The van der Waals surface area contributed by atoms with E-state index < -0.39 is 5.60 Å². The van der Waals surface area contributed by atoms with Gasteiger partial charge in [0, 0.05) is 26.8 Å². The summed E-state index contributed by atoms with van der Waals surface area (Å²) in [7, 11) is 1.73. The molecule has 2 N–H and O–H groups in total. The van der Waals surface area contributed by atoms with Crippen LogP contribution in [0.15, 0.2) is 0 Å². The van der Waals surface area contributed by atoms with Crippen molar-refractivity contribution in [2.75, 3.05) is 33.4 Å². The van der Waals surface area contributed by atoms with E-state index in [1.54, 1.807) is 7.11 Å². The van der Waals surface area contributed by atoms with Crippen molar-refractivity contribution in [1.82, 2.24) is 10.6 Å². The lowest BCUT2D eigenvalue weighted by Crippen LogP contribution is -2.35. The summed E-state index contributed by atoms with van der Waals surface area (Å²) in [5.74, 6) is 0. The summed E-state index contributed by atoms with van der Waals surface area (Å²) < 4.78 is 10.3. The van der Waals surface area contributed by atoms with Crippen LogP contribution in [0.5, 0.6) is 0 Å². The largest absolute Gasteiger partial charge is 0.444 e.